The smallest absolute Gasteiger partial charge is 0.332 e. The van der Waals surface area contributed by atoms with Crippen molar-refractivity contribution in [2.45, 2.75) is 46.3 Å². The van der Waals surface area contributed by atoms with E-state index in [0.29, 0.717) is 23.6 Å². The van der Waals surface area contributed by atoms with Crippen molar-refractivity contribution >= 4 is 17.6 Å². The molecule has 2 aromatic heterocycles. The number of carbonyl (C=O) groups is 2. The van der Waals surface area contributed by atoms with Crippen LogP contribution in [0, 0.1) is 19.7 Å². The van der Waals surface area contributed by atoms with Crippen LogP contribution in [0.5, 0.6) is 0 Å². The van der Waals surface area contributed by atoms with E-state index in [1.165, 1.54) is 23.2 Å². The van der Waals surface area contributed by atoms with Crippen molar-refractivity contribution in [2.75, 3.05) is 4.90 Å². The van der Waals surface area contributed by atoms with Crippen LogP contribution in [0.2, 0.25) is 0 Å². The maximum atomic E-state index is 13.6. The number of rotatable bonds is 5. The number of imide groups is 1. The fourth-order valence-corrected chi connectivity index (χ4v) is 3.59. The average Bonchev–Trinajstić information content (AvgIpc) is 3.31. The molecule has 1 saturated heterocycles. The molecule has 0 saturated carbocycles. The fraction of sp³-hybridized carbons (Fsp3) is 0.333. The van der Waals surface area contributed by atoms with Crippen molar-refractivity contribution in [3.8, 4) is 0 Å². The molecule has 0 atom stereocenters. The van der Waals surface area contributed by atoms with Crippen LogP contribution in [0.25, 0.3) is 0 Å². The van der Waals surface area contributed by atoms with E-state index in [1.54, 1.807) is 36.9 Å². The van der Waals surface area contributed by atoms with Crippen LogP contribution in [0.1, 0.15) is 36.4 Å². The van der Waals surface area contributed by atoms with E-state index in [1.807, 2.05) is 13.8 Å². The summed E-state index contributed by atoms with van der Waals surface area (Å²) in [6.07, 6.45) is 3.12. The zero-order valence-corrected chi connectivity index (χ0v) is 17.2. The summed E-state index contributed by atoms with van der Waals surface area (Å²) in [5.41, 5.74) is 1.58. The van der Waals surface area contributed by atoms with Gasteiger partial charge in [-0.2, -0.15) is 5.10 Å². The van der Waals surface area contributed by atoms with Crippen LogP contribution in [0.4, 0.5) is 14.9 Å². The highest BCUT2D eigenvalue weighted by Gasteiger charge is 2.52. The Hall–Kier alpha value is -3.49. The normalized spacial score (nSPS) is 16.0. The van der Waals surface area contributed by atoms with E-state index in [2.05, 4.69) is 10.3 Å². The Morgan fingerprint density at radius 1 is 1.17 bits per heavy atom. The minimum Gasteiger partial charge on any atom is -0.361 e. The van der Waals surface area contributed by atoms with Gasteiger partial charge in [-0.25, -0.2) is 14.1 Å². The van der Waals surface area contributed by atoms with Crippen LogP contribution in [-0.4, -0.2) is 37.3 Å². The van der Waals surface area contributed by atoms with Gasteiger partial charge in [-0.15, -0.1) is 0 Å². The Balaban J connectivity index is 1.60. The maximum absolute atomic E-state index is 13.6. The molecule has 0 unspecified atom stereocenters. The van der Waals surface area contributed by atoms with Crippen LogP contribution in [0.15, 0.2) is 41.2 Å². The summed E-state index contributed by atoms with van der Waals surface area (Å²) in [6.45, 7) is 7.56. The summed E-state index contributed by atoms with van der Waals surface area (Å²) < 4.78 is 20.4. The molecule has 156 valence electrons. The minimum absolute atomic E-state index is 0.124. The second-order valence-electron chi connectivity index (χ2n) is 7.90. The molecule has 1 aromatic carbocycles. The molecule has 1 fully saturated rings. The highest BCUT2D eigenvalue weighted by Crippen LogP contribution is 2.33. The lowest BCUT2D eigenvalue weighted by Gasteiger charge is -2.27. The number of amides is 3. The van der Waals surface area contributed by atoms with Crippen molar-refractivity contribution in [2.24, 2.45) is 0 Å². The van der Waals surface area contributed by atoms with E-state index in [0.717, 1.165) is 16.2 Å². The molecule has 0 radical (unpaired) electrons. The fourth-order valence-electron chi connectivity index (χ4n) is 3.59. The van der Waals surface area contributed by atoms with Gasteiger partial charge in [0.2, 0.25) is 0 Å². The SMILES string of the molecule is Cc1noc(C)c1Cn1cc(N2C(=O)N(Cc3cccc(F)c3)C(C)(C)C2=O)cn1. The summed E-state index contributed by atoms with van der Waals surface area (Å²) >= 11 is 0. The number of aryl methyl sites for hydroxylation is 2. The van der Waals surface area contributed by atoms with Crippen molar-refractivity contribution in [1.29, 1.82) is 0 Å². The number of halogens is 1. The Kier molecular flexibility index (Phi) is 4.68. The summed E-state index contributed by atoms with van der Waals surface area (Å²) in [4.78, 5) is 28.8. The van der Waals surface area contributed by atoms with Crippen molar-refractivity contribution in [3.63, 3.8) is 0 Å². The molecule has 9 heteroatoms. The van der Waals surface area contributed by atoms with E-state index in [4.69, 9.17) is 4.52 Å². The predicted octanol–water partition coefficient (Wildman–Crippen LogP) is 3.42. The number of hydrogen-bond donors (Lipinski definition) is 0. The molecule has 3 aromatic rings. The van der Waals surface area contributed by atoms with E-state index in [9.17, 15) is 14.0 Å². The van der Waals surface area contributed by atoms with Crippen LogP contribution in [0.3, 0.4) is 0 Å². The minimum atomic E-state index is -1.08. The van der Waals surface area contributed by atoms with Gasteiger partial charge in [-0.1, -0.05) is 17.3 Å². The summed E-state index contributed by atoms with van der Waals surface area (Å²) in [5.74, 6) is -0.0539. The highest BCUT2D eigenvalue weighted by molar-refractivity contribution is 6.22. The van der Waals surface area contributed by atoms with Crippen molar-refractivity contribution < 1.29 is 18.5 Å². The van der Waals surface area contributed by atoms with Crippen LogP contribution < -0.4 is 4.90 Å². The van der Waals surface area contributed by atoms with Gasteiger partial charge in [0.1, 0.15) is 17.1 Å². The third kappa shape index (κ3) is 3.26. The number of hydrogen-bond acceptors (Lipinski definition) is 5. The molecule has 8 nitrogen and oxygen atoms in total. The van der Waals surface area contributed by atoms with Gasteiger partial charge in [0.05, 0.1) is 24.1 Å². The Morgan fingerprint density at radius 3 is 2.60 bits per heavy atom. The van der Waals surface area contributed by atoms with Gasteiger partial charge in [0.15, 0.2) is 0 Å². The average molecular weight is 411 g/mol. The Labute approximate surface area is 172 Å². The van der Waals surface area contributed by atoms with Gasteiger partial charge in [0, 0.05) is 18.3 Å². The lowest BCUT2D eigenvalue weighted by Crippen LogP contribution is -2.43. The van der Waals surface area contributed by atoms with E-state index in [-0.39, 0.29) is 18.3 Å². The van der Waals surface area contributed by atoms with Crippen molar-refractivity contribution in [1.82, 2.24) is 19.8 Å². The third-order valence-corrected chi connectivity index (χ3v) is 5.43. The second kappa shape index (κ2) is 7.08. The third-order valence-electron chi connectivity index (χ3n) is 5.43. The first-order valence-corrected chi connectivity index (χ1v) is 9.53. The largest absolute Gasteiger partial charge is 0.361 e. The molecule has 1 aliphatic rings. The Morgan fingerprint density at radius 2 is 1.93 bits per heavy atom. The molecular formula is C21H22FN5O3. The summed E-state index contributed by atoms with van der Waals surface area (Å²) in [6, 6.07) is 5.53. The molecule has 0 bridgehead atoms. The molecule has 4 rings (SSSR count). The monoisotopic (exact) mass is 411 g/mol. The topological polar surface area (TPSA) is 84.5 Å². The standard InChI is InChI=1S/C21H22FN5O3/c1-13-18(14(2)30-24-13)12-25-11-17(9-23-25)27-19(28)21(3,4)26(20(27)29)10-15-6-5-7-16(22)8-15/h5-9,11H,10,12H2,1-4H3. The molecule has 0 aliphatic carbocycles. The number of nitrogens with zero attached hydrogens (tertiary/aromatic N) is 5. The van der Waals surface area contributed by atoms with E-state index < -0.39 is 11.6 Å². The number of benzene rings is 1. The lowest BCUT2D eigenvalue weighted by atomic mass is 10.0. The molecule has 30 heavy (non-hydrogen) atoms. The Bertz CT molecular complexity index is 1110. The van der Waals surface area contributed by atoms with Gasteiger partial charge in [-0.3, -0.25) is 9.48 Å². The molecule has 1 aliphatic heterocycles. The zero-order valence-electron chi connectivity index (χ0n) is 17.2. The molecule has 3 amide bonds. The first kappa shape index (κ1) is 19.8. The molecular weight excluding hydrogens is 389 g/mol. The predicted molar refractivity (Wildman–Crippen MR) is 106 cm³/mol. The number of anilines is 1. The van der Waals surface area contributed by atoms with E-state index >= 15 is 0 Å². The maximum Gasteiger partial charge on any atom is 0.332 e. The number of urea groups is 1. The highest BCUT2D eigenvalue weighted by atomic mass is 19.1. The van der Waals surface area contributed by atoms with Gasteiger partial charge < -0.3 is 9.42 Å². The van der Waals surface area contributed by atoms with Gasteiger partial charge in [-0.05, 0) is 45.4 Å². The molecule has 0 spiro atoms. The lowest BCUT2D eigenvalue weighted by molar-refractivity contribution is -0.123. The number of aromatic nitrogens is 3. The first-order valence-electron chi connectivity index (χ1n) is 9.53. The first-order chi connectivity index (χ1) is 14.2. The second-order valence-corrected chi connectivity index (χ2v) is 7.90. The summed E-state index contributed by atoms with van der Waals surface area (Å²) in [7, 11) is 0. The van der Waals surface area contributed by atoms with Gasteiger partial charge in [0.25, 0.3) is 5.91 Å². The number of carbonyl (C=O) groups excluding carboxylic acids is 2. The quantitative estimate of drug-likeness (QED) is 0.601. The zero-order chi connectivity index (χ0) is 21.6. The molecule has 3 heterocycles. The van der Waals surface area contributed by atoms with Gasteiger partial charge >= 0.3 is 6.03 Å². The molecule has 0 N–H and O–H groups in total. The summed E-state index contributed by atoms with van der Waals surface area (Å²) in [5, 5.41) is 8.22. The van der Waals surface area contributed by atoms with Crippen LogP contribution in [-0.2, 0) is 17.9 Å². The van der Waals surface area contributed by atoms with Crippen LogP contribution >= 0.6 is 0 Å². The van der Waals surface area contributed by atoms with Crippen molar-refractivity contribution in [3.05, 3.63) is 65.1 Å².